The minimum atomic E-state index is -3.44. The molecule has 2 nitrogen and oxygen atoms in total. The molecule has 1 aliphatic carbocycles. The van der Waals surface area contributed by atoms with Crippen molar-refractivity contribution < 1.29 is 8.42 Å². The molecule has 1 fully saturated rings. The molecule has 2 rings (SSSR count). The van der Waals surface area contributed by atoms with Crippen LogP contribution in [0.1, 0.15) is 32.1 Å². The van der Waals surface area contributed by atoms with Gasteiger partial charge in [0.15, 0.2) is 0 Å². The number of unbranched alkanes of at least 4 members (excludes halogenated alkanes) is 1. The molecule has 0 atom stereocenters. The zero-order valence-electron chi connectivity index (χ0n) is 11.4. The van der Waals surface area contributed by atoms with E-state index in [1.54, 1.807) is 30.3 Å². The largest absolute Gasteiger partial charge is 0.218 e. The highest BCUT2D eigenvalue weighted by atomic mass is 32.2. The van der Waals surface area contributed by atoms with E-state index in [0.29, 0.717) is 35.0 Å². The highest BCUT2D eigenvalue weighted by Gasteiger charge is 2.21. The maximum Gasteiger partial charge on any atom is 0.210 e. The summed E-state index contributed by atoms with van der Waals surface area (Å²) in [6.45, 7) is 0. The summed E-state index contributed by atoms with van der Waals surface area (Å²) in [7, 11) is -3.44. The lowest BCUT2D eigenvalue weighted by atomic mass is 10.2. The third kappa shape index (κ3) is 3.87. The van der Waals surface area contributed by atoms with E-state index >= 15 is 0 Å². The highest BCUT2D eigenvalue weighted by Crippen LogP contribution is 2.30. The molecule has 0 bridgehead atoms. The van der Waals surface area contributed by atoms with Crippen molar-refractivity contribution >= 4 is 9.84 Å². The van der Waals surface area contributed by atoms with Gasteiger partial charge in [-0.25, -0.2) is 8.42 Å². The zero-order chi connectivity index (χ0) is 14.4. The second-order valence-corrected chi connectivity index (χ2v) is 6.92. The Morgan fingerprint density at radius 1 is 1.30 bits per heavy atom. The Balaban J connectivity index is 2.30. The molecule has 0 saturated heterocycles. The monoisotopic (exact) mass is 286 g/mol. The summed E-state index contributed by atoms with van der Waals surface area (Å²) in [5.74, 6) is 3.05. The van der Waals surface area contributed by atoms with Gasteiger partial charge in [-0.05, 0) is 49.8 Å². The van der Waals surface area contributed by atoms with Gasteiger partial charge in [0.05, 0.1) is 9.80 Å². The smallest absolute Gasteiger partial charge is 0.210 e. The standard InChI is InChI=1S/C17H18O2S/c1-2-3-5-8-17(14-13-15-11-12-15)20(18,19)16-9-6-4-7-10-16/h1,4,6-7,9-10,13,15H,3,5,8,11-12H2. The first-order chi connectivity index (χ1) is 9.64. The van der Waals surface area contributed by atoms with Crippen molar-refractivity contribution in [1.82, 2.24) is 0 Å². The predicted octanol–water partition coefficient (Wildman–Crippen LogP) is 3.71. The fourth-order valence-corrected chi connectivity index (χ4v) is 3.29. The molecule has 20 heavy (non-hydrogen) atoms. The van der Waals surface area contributed by atoms with Gasteiger partial charge in [0.2, 0.25) is 9.84 Å². The van der Waals surface area contributed by atoms with E-state index in [4.69, 9.17) is 6.42 Å². The summed E-state index contributed by atoms with van der Waals surface area (Å²) in [6.07, 6.45) is 11.1. The lowest BCUT2D eigenvalue weighted by Gasteiger charge is -2.06. The number of sulfone groups is 1. The maximum atomic E-state index is 12.6. The van der Waals surface area contributed by atoms with Gasteiger partial charge >= 0.3 is 0 Å². The molecule has 3 heteroatoms. The van der Waals surface area contributed by atoms with Crippen LogP contribution in [0.4, 0.5) is 0 Å². The van der Waals surface area contributed by atoms with Crippen molar-refractivity contribution in [3.05, 3.63) is 47.0 Å². The number of hydrogen-bond donors (Lipinski definition) is 0. The van der Waals surface area contributed by atoms with Crippen molar-refractivity contribution in [3.63, 3.8) is 0 Å². The van der Waals surface area contributed by atoms with E-state index in [2.05, 4.69) is 11.7 Å². The molecular weight excluding hydrogens is 268 g/mol. The van der Waals surface area contributed by atoms with Crippen molar-refractivity contribution in [1.29, 1.82) is 0 Å². The summed E-state index contributed by atoms with van der Waals surface area (Å²) in [6, 6.07) is 8.51. The van der Waals surface area contributed by atoms with Crippen LogP contribution in [0.5, 0.6) is 0 Å². The van der Waals surface area contributed by atoms with Gasteiger partial charge in [0, 0.05) is 6.42 Å². The molecule has 1 aliphatic rings. The molecule has 0 unspecified atom stereocenters. The van der Waals surface area contributed by atoms with Gasteiger partial charge in [-0.15, -0.1) is 18.1 Å². The molecule has 1 aromatic rings. The van der Waals surface area contributed by atoms with E-state index in [-0.39, 0.29) is 0 Å². The minimum absolute atomic E-state index is 0.326. The molecule has 1 saturated carbocycles. The van der Waals surface area contributed by atoms with Gasteiger partial charge in [-0.3, -0.25) is 0 Å². The first-order valence-electron chi connectivity index (χ1n) is 6.84. The number of hydrogen-bond acceptors (Lipinski definition) is 2. The van der Waals surface area contributed by atoms with E-state index in [0.717, 1.165) is 12.8 Å². The Morgan fingerprint density at radius 2 is 2.00 bits per heavy atom. The van der Waals surface area contributed by atoms with Gasteiger partial charge in [0.25, 0.3) is 0 Å². The van der Waals surface area contributed by atoms with Crippen molar-refractivity contribution in [2.75, 3.05) is 0 Å². The van der Waals surface area contributed by atoms with Crippen LogP contribution in [0.25, 0.3) is 0 Å². The van der Waals surface area contributed by atoms with E-state index < -0.39 is 9.84 Å². The summed E-state index contributed by atoms with van der Waals surface area (Å²) in [5, 5.41) is 0. The first kappa shape index (κ1) is 14.7. The number of allylic oxidation sites excluding steroid dienone is 1. The normalized spacial score (nSPS) is 14.2. The third-order valence-corrected chi connectivity index (χ3v) is 5.07. The molecule has 0 aliphatic heterocycles. The SMILES string of the molecule is C#CCCCC(=C=CC1CC1)S(=O)(=O)c1ccccc1. The average molecular weight is 286 g/mol. The van der Waals surface area contributed by atoms with Gasteiger partial charge in [-0.2, -0.15) is 0 Å². The molecule has 0 heterocycles. The Bertz CT molecular complexity index is 653. The van der Waals surface area contributed by atoms with Crippen molar-refractivity contribution in [3.8, 4) is 12.3 Å². The lowest BCUT2D eigenvalue weighted by molar-refractivity contribution is 0.599. The summed E-state index contributed by atoms with van der Waals surface area (Å²) < 4.78 is 25.2. The second-order valence-electron chi connectivity index (χ2n) is 4.95. The fraction of sp³-hybridized carbons (Fsp3) is 0.353. The number of benzene rings is 1. The van der Waals surface area contributed by atoms with Crippen LogP contribution in [-0.2, 0) is 9.84 Å². The molecule has 0 N–H and O–H groups in total. The van der Waals surface area contributed by atoms with Crippen molar-refractivity contribution in [2.24, 2.45) is 5.92 Å². The molecule has 104 valence electrons. The Labute approximate surface area is 121 Å². The van der Waals surface area contributed by atoms with Crippen LogP contribution < -0.4 is 0 Å². The van der Waals surface area contributed by atoms with Gasteiger partial charge in [-0.1, -0.05) is 18.2 Å². The molecule has 0 radical (unpaired) electrons. The zero-order valence-corrected chi connectivity index (χ0v) is 12.2. The highest BCUT2D eigenvalue weighted by molar-refractivity contribution is 7.95. The van der Waals surface area contributed by atoms with E-state index in [1.165, 1.54) is 0 Å². The predicted molar refractivity (Wildman–Crippen MR) is 80.6 cm³/mol. The summed E-state index contributed by atoms with van der Waals surface area (Å²) >= 11 is 0. The number of rotatable bonds is 6. The van der Waals surface area contributed by atoms with Crippen LogP contribution in [0, 0.1) is 18.3 Å². The van der Waals surface area contributed by atoms with E-state index in [1.807, 2.05) is 6.08 Å². The quantitative estimate of drug-likeness (QED) is 0.454. The molecule has 0 spiro atoms. The first-order valence-corrected chi connectivity index (χ1v) is 8.32. The number of terminal acetylenes is 1. The Kier molecular flexibility index (Phi) is 4.84. The van der Waals surface area contributed by atoms with Gasteiger partial charge in [0.1, 0.15) is 0 Å². The summed E-state index contributed by atoms with van der Waals surface area (Å²) in [4.78, 5) is 0.679. The van der Waals surface area contributed by atoms with Crippen LogP contribution >= 0.6 is 0 Å². The topological polar surface area (TPSA) is 34.1 Å². The second kappa shape index (κ2) is 6.61. The van der Waals surface area contributed by atoms with Crippen LogP contribution in [0.2, 0.25) is 0 Å². The lowest BCUT2D eigenvalue weighted by Crippen LogP contribution is -2.04. The molecule has 0 aromatic heterocycles. The van der Waals surface area contributed by atoms with Gasteiger partial charge < -0.3 is 0 Å². The molecular formula is C17H18O2S. The molecule has 1 aromatic carbocycles. The average Bonchev–Trinajstić information content (AvgIpc) is 3.27. The Hall–Kier alpha value is -1.75. The van der Waals surface area contributed by atoms with Crippen molar-refractivity contribution in [2.45, 2.75) is 37.0 Å². The third-order valence-electron chi connectivity index (χ3n) is 3.20. The van der Waals surface area contributed by atoms with Crippen LogP contribution in [0.3, 0.4) is 0 Å². The van der Waals surface area contributed by atoms with Crippen LogP contribution in [0.15, 0.2) is 51.9 Å². The fourth-order valence-electron chi connectivity index (χ4n) is 1.85. The Morgan fingerprint density at radius 3 is 2.60 bits per heavy atom. The minimum Gasteiger partial charge on any atom is -0.218 e. The van der Waals surface area contributed by atoms with Crippen LogP contribution in [-0.4, -0.2) is 8.42 Å². The van der Waals surface area contributed by atoms with E-state index in [9.17, 15) is 8.42 Å². The summed E-state index contributed by atoms with van der Waals surface area (Å²) in [5.41, 5.74) is 3.01. The molecule has 0 amide bonds. The maximum absolute atomic E-state index is 12.6.